The lowest BCUT2D eigenvalue weighted by Crippen LogP contribution is -2.49. The monoisotopic (exact) mass is 616 g/mol. The van der Waals surface area contributed by atoms with Gasteiger partial charge in [0, 0.05) is 24.0 Å². The average Bonchev–Trinajstić information content (AvgIpc) is 3.96. The number of pyridine rings is 1. The summed E-state index contributed by atoms with van der Waals surface area (Å²) in [5, 5.41) is 11.8. The number of nitrogens with zero attached hydrogens (tertiary/aromatic N) is 2. The number of aromatic nitrogens is 1. The smallest absolute Gasteiger partial charge is 0.270 e. The summed E-state index contributed by atoms with van der Waals surface area (Å²) in [6.07, 6.45) is 4.85. The van der Waals surface area contributed by atoms with Crippen LogP contribution in [0.15, 0.2) is 54.6 Å². The van der Waals surface area contributed by atoms with E-state index in [0.29, 0.717) is 29.1 Å². The zero-order valence-corrected chi connectivity index (χ0v) is 24.7. The predicted molar refractivity (Wildman–Crippen MR) is 164 cm³/mol. The molecule has 0 radical (unpaired) electrons. The Morgan fingerprint density at radius 3 is 2.64 bits per heavy atom. The lowest BCUT2D eigenvalue weighted by atomic mass is 9.99. The topological polar surface area (TPSA) is 142 Å². The molecule has 2 aromatic carbocycles. The van der Waals surface area contributed by atoms with Crippen LogP contribution >= 0.6 is 0 Å². The maximum atomic E-state index is 14.6. The number of carbonyl (C=O) groups is 4. The van der Waals surface area contributed by atoms with Crippen molar-refractivity contribution in [3.8, 4) is 0 Å². The number of halogens is 2. The van der Waals surface area contributed by atoms with Crippen molar-refractivity contribution in [2.24, 2.45) is 5.92 Å². The van der Waals surface area contributed by atoms with Gasteiger partial charge in [-0.25, -0.2) is 13.8 Å². The highest BCUT2D eigenvalue weighted by molar-refractivity contribution is 5.98. The maximum absolute atomic E-state index is 14.6. The fourth-order valence-electron chi connectivity index (χ4n) is 5.45. The number of likely N-dealkylation sites (tertiary alicyclic amines) is 1. The molecule has 0 bridgehead atoms. The minimum atomic E-state index is -1.40. The molecule has 3 heterocycles. The number of nitrogens with one attached hydrogen (secondary N) is 4. The van der Waals surface area contributed by atoms with Gasteiger partial charge >= 0.3 is 0 Å². The zero-order chi connectivity index (χ0) is 31.7. The highest BCUT2D eigenvalue weighted by Gasteiger charge is 2.40. The van der Waals surface area contributed by atoms with Gasteiger partial charge in [0.1, 0.15) is 23.7 Å². The molecule has 4 atom stereocenters. The summed E-state index contributed by atoms with van der Waals surface area (Å²) in [5.41, 5.74) is 2.70. The van der Waals surface area contributed by atoms with Gasteiger partial charge in [0.2, 0.25) is 17.7 Å². The lowest BCUT2D eigenvalue weighted by Gasteiger charge is -2.26. The molecule has 1 aromatic heterocycles. The Morgan fingerprint density at radius 2 is 1.89 bits per heavy atom. The van der Waals surface area contributed by atoms with Crippen LogP contribution in [0.1, 0.15) is 53.8 Å². The van der Waals surface area contributed by atoms with Gasteiger partial charge in [-0.05, 0) is 73.2 Å². The molecule has 6 rings (SSSR count). The standard InChI is InChI=1S/C33H34F2N6O4/c1-18(25-14-24(39-32(44)28-15-36-28)9-6-20(25)5-4-19-2-3-19)38-33(45)29-13-23(35)17-41(29)30(42)16-37-31(43)27-10-7-21-12-22(34)8-11-26(21)40-27/h4-12,14,18-19,23,28-29,36H,2-3,13,15-17H2,1H3,(H,37,43)(H,38,45)(H,39,44)/b5-4+/t18-,23+,28-,29-/m0/s1. The third-order valence-electron chi connectivity index (χ3n) is 8.23. The molecule has 2 saturated heterocycles. The second-order valence-corrected chi connectivity index (χ2v) is 11.8. The van der Waals surface area contributed by atoms with Crippen LogP contribution in [-0.4, -0.2) is 71.4 Å². The molecule has 12 heteroatoms. The Bertz CT molecular complexity index is 1690. The van der Waals surface area contributed by atoms with Gasteiger partial charge in [0.15, 0.2) is 0 Å². The molecule has 0 spiro atoms. The number of rotatable bonds is 10. The van der Waals surface area contributed by atoms with Crippen molar-refractivity contribution in [2.45, 2.75) is 50.5 Å². The van der Waals surface area contributed by atoms with E-state index in [1.807, 2.05) is 24.3 Å². The first kappa shape index (κ1) is 30.3. The summed E-state index contributed by atoms with van der Waals surface area (Å²) in [6, 6.07) is 10.7. The third kappa shape index (κ3) is 7.34. The van der Waals surface area contributed by atoms with Crippen LogP contribution < -0.4 is 21.3 Å². The fraction of sp³-hybridized carbons (Fsp3) is 0.364. The van der Waals surface area contributed by atoms with Crippen molar-refractivity contribution >= 4 is 46.3 Å². The summed E-state index contributed by atoms with van der Waals surface area (Å²) in [7, 11) is 0. The molecule has 1 saturated carbocycles. The first-order valence-electron chi connectivity index (χ1n) is 15.1. The molecule has 1 aliphatic carbocycles. The van der Waals surface area contributed by atoms with E-state index in [4.69, 9.17) is 0 Å². The minimum absolute atomic E-state index is 0.0353. The van der Waals surface area contributed by atoms with Crippen molar-refractivity contribution in [3.05, 3.63) is 77.2 Å². The molecule has 2 aliphatic heterocycles. The molecule has 234 valence electrons. The van der Waals surface area contributed by atoms with E-state index in [-0.39, 0.29) is 30.6 Å². The number of benzene rings is 2. The van der Waals surface area contributed by atoms with Crippen molar-refractivity contribution in [2.75, 3.05) is 25.0 Å². The van der Waals surface area contributed by atoms with Crippen LogP contribution in [0.2, 0.25) is 0 Å². The number of anilines is 1. The number of carbonyl (C=O) groups excluding carboxylic acids is 4. The molecule has 4 amide bonds. The molecule has 4 N–H and O–H groups in total. The summed E-state index contributed by atoms with van der Waals surface area (Å²) >= 11 is 0. The van der Waals surface area contributed by atoms with Gasteiger partial charge in [0.25, 0.3) is 5.91 Å². The van der Waals surface area contributed by atoms with E-state index >= 15 is 0 Å². The van der Waals surface area contributed by atoms with Crippen molar-refractivity contribution < 1.29 is 28.0 Å². The van der Waals surface area contributed by atoms with E-state index in [1.165, 1.54) is 24.3 Å². The van der Waals surface area contributed by atoms with Crippen LogP contribution in [-0.2, 0) is 14.4 Å². The van der Waals surface area contributed by atoms with E-state index in [2.05, 4.69) is 32.3 Å². The van der Waals surface area contributed by atoms with E-state index < -0.39 is 48.3 Å². The number of hydrogen-bond donors (Lipinski definition) is 4. The molecule has 3 fully saturated rings. The Hall–Kier alpha value is -4.71. The largest absolute Gasteiger partial charge is 0.348 e. The van der Waals surface area contributed by atoms with Gasteiger partial charge in [-0.15, -0.1) is 0 Å². The predicted octanol–water partition coefficient (Wildman–Crippen LogP) is 3.25. The van der Waals surface area contributed by atoms with Crippen LogP contribution in [0.4, 0.5) is 14.5 Å². The van der Waals surface area contributed by atoms with Gasteiger partial charge in [0.05, 0.1) is 30.7 Å². The molecule has 3 aromatic rings. The summed E-state index contributed by atoms with van der Waals surface area (Å²) in [4.78, 5) is 57.0. The molecular formula is C33H34F2N6O4. The van der Waals surface area contributed by atoms with Gasteiger partial charge in [-0.3, -0.25) is 19.2 Å². The zero-order valence-electron chi connectivity index (χ0n) is 24.7. The molecular weight excluding hydrogens is 582 g/mol. The highest BCUT2D eigenvalue weighted by Crippen LogP contribution is 2.32. The normalized spacial score (nSPS) is 21.5. The highest BCUT2D eigenvalue weighted by atomic mass is 19.1. The quantitative estimate of drug-likeness (QED) is 0.258. The maximum Gasteiger partial charge on any atom is 0.270 e. The van der Waals surface area contributed by atoms with E-state index in [0.717, 1.165) is 28.9 Å². The van der Waals surface area contributed by atoms with Crippen molar-refractivity contribution in [1.29, 1.82) is 0 Å². The Morgan fingerprint density at radius 1 is 1.09 bits per heavy atom. The first-order valence-corrected chi connectivity index (χ1v) is 15.1. The lowest BCUT2D eigenvalue weighted by molar-refractivity contribution is -0.138. The van der Waals surface area contributed by atoms with Gasteiger partial charge in [-0.1, -0.05) is 24.3 Å². The number of hydrogen-bond acceptors (Lipinski definition) is 6. The summed E-state index contributed by atoms with van der Waals surface area (Å²) in [6.45, 7) is 1.70. The number of allylic oxidation sites excluding steroid dienone is 1. The van der Waals surface area contributed by atoms with E-state index in [1.54, 1.807) is 13.0 Å². The number of alkyl halides is 1. The van der Waals surface area contributed by atoms with Crippen LogP contribution in [0.25, 0.3) is 17.0 Å². The van der Waals surface area contributed by atoms with Gasteiger partial charge in [-0.2, -0.15) is 0 Å². The summed E-state index contributed by atoms with van der Waals surface area (Å²) < 4.78 is 28.0. The van der Waals surface area contributed by atoms with Gasteiger partial charge < -0.3 is 26.2 Å². The van der Waals surface area contributed by atoms with Crippen molar-refractivity contribution in [3.63, 3.8) is 0 Å². The third-order valence-corrected chi connectivity index (χ3v) is 8.23. The van der Waals surface area contributed by atoms with E-state index in [9.17, 15) is 28.0 Å². The molecule has 0 unspecified atom stereocenters. The summed E-state index contributed by atoms with van der Waals surface area (Å²) in [5.74, 6) is -1.77. The Labute approximate surface area is 258 Å². The average molecular weight is 617 g/mol. The molecule has 45 heavy (non-hydrogen) atoms. The molecule has 10 nitrogen and oxygen atoms in total. The second kappa shape index (κ2) is 12.7. The van der Waals surface area contributed by atoms with Crippen LogP contribution in [0.5, 0.6) is 0 Å². The van der Waals surface area contributed by atoms with Crippen LogP contribution in [0, 0.1) is 11.7 Å². The number of amides is 4. The number of fused-ring (bicyclic) bond motifs is 1. The second-order valence-electron chi connectivity index (χ2n) is 11.8. The first-order chi connectivity index (χ1) is 21.6. The van der Waals surface area contributed by atoms with Crippen LogP contribution in [0.3, 0.4) is 0 Å². The van der Waals surface area contributed by atoms with Crippen molar-refractivity contribution in [1.82, 2.24) is 25.8 Å². The SMILES string of the molecule is C[C@H](NC(=O)[C@@H]1C[C@@H](F)CN1C(=O)CNC(=O)c1ccc2cc(F)ccc2n1)c1cc(NC(=O)[C@@H]2CN2)ccc1/C=C/C1CC1. The minimum Gasteiger partial charge on any atom is -0.348 e. The Kier molecular flexibility index (Phi) is 8.57. The fourth-order valence-corrected chi connectivity index (χ4v) is 5.45. The Balaban J connectivity index is 1.11. The molecule has 3 aliphatic rings.